The lowest BCUT2D eigenvalue weighted by Gasteiger charge is -2.45. The smallest absolute Gasteiger partial charge is 0.261 e. The lowest BCUT2D eigenvalue weighted by atomic mass is 9.83. The second-order valence-electron chi connectivity index (χ2n) is 10.8. The van der Waals surface area contributed by atoms with E-state index in [2.05, 4.69) is 25.5 Å². The monoisotopic (exact) mass is 536 g/mol. The SMILES string of the molecule is CC(=O)Nc1cccc(-c2cc(F)c3[nH]c(=O)c(-c4nc5ccccc5[nH]4)c(N[C@H]4CN5CCC4CC5)c3c2)c1. The first-order chi connectivity index (χ1) is 19.4. The maximum absolute atomic E-state index is 15.7. The van der Waals surface area contributed by atoms with Gasteiger partial charge in [0.2, 0.25) is 5.91 Å². The van der Waals surface area contributed by atoms with E-state index in [4.69, 9.17) is 4.98 Å². The molecule has 3 saturated heterocycles. The fraction of sp³-hybridized carbons (Fsp3) is 0.258. The van der Waals surface area contributed by atoms with Crippen molar-refractivity contribution in [1.29, 1.82) is 0 Å². The molecule has 5 heterocycles. The Morgan fingerprint density at radius 1 is 1.02 bits per heavy atom. The van der Waals surface area contributed by atoms with Crippen molar-refractivity contribution in [3.63, 3.8) is 0 Å². The average molecular weight is 537 g/mol. The van der Waals surface area contributed by atoms with Crippen molar-refractivity contribution in [2.24, 2.45) is 5.92 Å². The Morgan fingerprint density at radius 2 is 1.85 bits per heavy atom. The summed E-state index contributed by atoms with van der Waals surface area (Å²) in [4.78, 5) is 38.5. The Kier molecular flexibility index (Phi) is 5.89. The number of hydrogen-bond donors (Lipinski definition) is 4. The Bertz CT molecular complexity index is 1800. The molecule has 0 saturated carbocycles. The third-order valence-corrected chi connectivity index (χ3v) is 8.20. The number of aromatic amines is 2. The van der Waals surface area contributed by atoms with Crippen LogP contribution >= 0.6 is 0 Å². The van der Waals surface area contributed by atoms with E-state index in [0.29, 0.717) is 39.6 Å². The summed E-state index contributed by atoms with van der Waals surface area (Å²) in [5.41, 5.74) is 4.26. The molecule has 3 aromatic carbocycles. The van der Waals surface area contributed by atoms with Crippen LogP contribution in [-0.2, 0) is 4.79 Å². The van der Waals surface area contributed by atoms with Gasteiger partial charge in [0.25, 0.3) is 5.56 Å². The van der Waals surface area contributed by atoms with E-state index >= 15 is 4.39 Å². The number of rotatable bonds is 5. The van der Waals surface area contributed by atoms with Crippen LogP contribution in [0.15, 0.2) is 65.5 Å². The van der Waals surface area contributed by atoms with Crippen molar-refractivity contribution in [1.82, 2.24) is 19.9 Å². The molecule has 8 nitrogen and oxygen atoms in total. The zero-order chi connectivity index (χ0) is 27.4. The predicted molar refractivity (Wildman–Crippen MR) is 156 cm³/mol. The third kappa shape index (κ3) is 4.32. The van der Waals surface area contributed by atoms with E-state index in [9.17, 15) is 9.59 Å². The number of carbonyl (C=O) groups excluding carboxylic acids is 1. The number of para-hydroxylation sites is 2. The van der Waals surface area contributed by atoms with E-state index in [-0.39, 0.29) is 17.5 Å². The molecule has 1 amide bonds. The van der Waals surface area contributed by atoms with Gasteiger partial charge in [-0.3, -0.25) is 9.59 Å². The Morgan fingerprint density at radius 3 is 2.60 bits per heavy atom. The lowest BCUT2D eigenvalue weighted by Crippen LogP contribution is -2.53. The number of aromatic nitrogens is 3. The molecule has 3 aliphatic heterocycles. The Balaban J connectivity index is 1.44. The van der Waals surface area contributed by atoms with Gasteiger partial charge in [0.15, 0.2) is 0 Å². The molecule has 3 aliphatic rings. The highest BCUT2D eigenvalue weighted by molar-refractivity contribution is 6.01. The second-order valence-corrected chi connectivity index (χ2v) is 10.8. The molecule has 40 heavy (non-hydrogen) atoms. The maximum atomic E-state index is 15.7. The first kappa shape index (κ1) is 24.5. The van der Waals surface area contributed by atoms with Gasteiger partial charge >= 0.3 is 0 Å². The van der Waals surface area contributed by atoms with Gasteiger partial charge in [0.1, 0.15) is 17.2 Å². The number of nitrogens with zero attached hydrogens (tertiary/aromatic N) is 2. The van der Waals surface area contributed by atoms with E-state index in [1.54, 1.807) is 6.07 Å². The number of benzene rings is 3. The number of imidazole rings is 1. The first-order valence-electron chi connectivity index (χ1n) is 13.6. The van der Waals surface area contributed by atoms with E-state index in [1.807, 2.05) is 48.5 Å². The Labute approximate surface area is 229 Å². The van der Waals surface area contributed by atoms with E-state index < -0.39 is 11.4 Å². The Hall–Kier alpha value is -4.50. The molecular weight excluding hydrogens is 507 g/mol. The van der Waals surface area contributed by atoms with Crippen molar-refractivity contribution >= 4 is 39.2 Å². The van der Waals surface area contributed by atoms with Crippen molar-refractivity contribution < 1.29 is 9.18 Å². The molecule has 0 aliphatic carbocycles. The molecule has 9 heteroatoms. The van der Waals surface area contributed by atoms with Crippen molar-refractivity contribution in [3.8, 4) is 22.5 Å². The highest BCUT2D eigenvalue weighted by atomic mass is 19.1. The number of carbonyl (C=O) groups is 1. The molecule has 5 aromatic rings. The normalized spacial score (nSPS) is 20.2. The van der Waals surface area contributed by atoms with E-state index in [1.165, 1.54) is 13.0 Å². The van der Waals surface area contributed by atoms with Crippen LogP contribution < -0.4 is 16.2 Å². The van der Waals surface area contributed by atoms with Gasteiger partial charge in [-0.2, -0.15) is 0 Å². The maximum Gasteiger partial charge on any atom is 0.261 e. The van der Waals surface area contributed by atoms with Gasteiger partial charge < -0.3 is 25.5 Å². The fourth-order valence-corrected chi connectivity index (χ4v) is 6.26. The van der Waals surface area contributed by atoms with Gasteiger partial charge in [-0.25, -0.2) is 9.37 Å². The minimum absolute atomic E-state index is 0.130. The quantitative estimate of drug-likeness (QED) is 0.243. The van der Waals surface area contributed by atoms with Crippen molar-refractivity contribution in [3.05, 3.63) is 76.8 Å². The van der Waals surface area contributed by atoms with Crippen LogP contribution in [0.2, 0.25) is 0 Å². The third-order valence-electron chi connectivity index (χ3n) is 8.20. The van der Waals surface area contributed by atoms with Crippen LogP contribution in [-0.4, -0.2) is 51.4 Å². The van der Waals surface area contributed by atoms with Crippen LogP contribution in [0.5, 0.6) is 0 Å². The van der Waals surface area contributed by atoms with Gasteiger partial charge in [0.05, 0.1) is 22.2 Å². The molecule has 0 unspecified atom stereocenters. The molecule has 3 fully saturated rings. The van der Waals surface area contributed by atoms with Gasteiger partial charge in [-0.05, 0) is 79.4 Å². The number of halogens is 1. The number of H-pyrrole nitrogens is 2. The van der Waals surface area contributed by atoms with Crippen LogP contribution in [0.1, 0.15) is 19.8 Å². The van der Waals surface area contributed by atoms with Crippen LogP contribution in [0.4, 0.5) is 15.8 Å². The van der Waals surface area contributed by atoms with Crippen LogP contribution in [0.3, 0.4) is 0 Å². The molecule has 1 atom stereocenters. The lowest BCUT2D eigenvalue weighted by molar-refractivity contribution is -0.114. The number of hydrogen-bond acceptors (Lipinski definition) is 5. The molecule has 2 bridgehead atoms. The first-order valence-corrected chi connectivity index (χ1v) is 13.6. The standard InChI is InChI=1S/C31H29FN6O2/c1-17(39)33-21-6-4-5-19(13-21)20-14-22-28(23(32)15-20)37-31(40)27(30-35-24-7-2-3-8-25(24)36-30)29(22)34-26-16-38-11-9-18(26)10-12-38/h2-8,13-15,18,26H,9-12,16H2,1H3,(H,33,39)(H,35,36)(H2,34,37,40)/t26-/m0/s1. The predicted octanol–water partition coefficient (Wildman–Crippen LogP) is 5.34. The molecule has 8 rings (SSSR count). The summed E-state index contributed by atoms with van der Waals surface area (Å²) < 4.78 is 15.7. The zero-order valence-corrected chi connectivity index (χ0v) is 22.1. The topological polar surface area (TPSA) is 106 Å². The summed E-state index contributed by atoms with van der Waals surface area (Å²) in [5.74, 6) is 0.207. The summed E-state index contributed by atoms with van der Waals surface area (Å²) in [5, 5.41) is 7.07. The number of piperidine rings is 3. The highest BCUT2D eigenvalue weighted by Crippen LogP contribution is 2.38. The van der Waals surface area contributed by atoms with Gasteiger partial charge in [-0.1, -0.05) is 24.3 Å². The largest absolute Gasteiger partial charge is 0.379 e. The summed E-state index contributed by atoms with van der Waals surface area (Å²) in [6.07, 6.45) is 2.18. The number of fused-ring (bicyclic) bond motifs is 5. The number of pyridine rings is 1. The van der Waals surface area contributed by atoms with Crippen molar-refractivity contribution in [2.75, 3.05) is 30.3 Å². The van der Waals surface area contributed by atoms with E-state index in [0.717, 1.165) is 49.1 Å². The molecule has 4 N–H and O–H groups in total. The molecule has 0 radical (unpaired) electrons. The number of amides is 1. The zero-order valence-electron chi connectivity index (χ0n) is 22.1. The molecular formula is C31H29FN6O2. The molecule has 2 aromatic heterocycles. The minimum Gasteiger partial charge on any atom is -0.379 e. The van der Waals surface area contributed by atoms with Crippen molar-refractivity contribution in [2.45, 2.75) is 25.8 Å². The molecule has 0 spiro atoms. The summed E-state index contributed by atoms with van der Waals surface area (Å²) >= 11 is 0. The minimum atomic E-state index is -0.525. The number of anilines is 2. The fourth-order valence-electron chi connectivity index (χ4n) is 6.26. The highest BCUT2D eigenvalue weighted by Gasteiger charge is 2.35. The summed E-state index contributed by atoms with van der Waals surface area (Å²) in [6.45, 7) is 4.49. The second kappa shape index (κ2) is 9.60. The van der Waals surface area contributed by atoms with Gasteiger partial charge in [-0.15, -0.1) is 0 Å². The van der Waals surface area contributed by atoms with Gasteiger partial charge in [0, 0.05) is 30.6 Å². The van der Waals surface area contributed by atoms with Crippen LogP contribution in [0, 0.1) is 11.7 Å². The van der Waals surface area contributed by atoms with Crippen LogP contribution in [0.25, 0.3) is 44.5 Å². The summed E-state index contributed by atoms with van der Waals surface area (Å²) in [7, 11) is 0. The molecule has 202 valence electrons. The number of nitrogens with one attached hydrogen (secondary N) is 4. The average Bonchev–Trinajstić information content (AvgIpc) is 3.38. The summed E-state index contributed by atoms with van der Waals surface area (Å²) in [6, 6.07) is 18.4.